The molecule has 0 aliphatic carbocycles. The molecule has 7 heteroatoms. The Labute approximate surface area is 127 Å². The first-order valence-corrected chi connectivity index (χ1v) is 9.30. The monoisotopic (exact) mass is 315 g/mol. The van der Waals surface area contributed by atoms with Crippen molar-refractivity contribution in [3.8, 4) is 0 Å². The van der Waals surface area contributed by atoms with Crippen molar-refractivity contribution in [2.24, 2.45) is 5.73 Å². The lowest BCUT2D eigenvalue weighted by Gasteiger charge is -2.38. The van der Waals surface area contributed by atoms with E-state index in [9.17, 15) is 8.42 Å². The average Bonchev–Trinajstić information content (AvgIpc) is 3.00. The van der Waals surface area contributed by atoms with E-state index in [-0.39, 0.29) is 17.9 Å². The van der Waals surface area contributed by atoms with Crippen molar-refractivity contribution < 1.29 is 13.2 Å². The van der Waals surface area contributed by atoms with Gasteiger partial charge >= 0.3 is 0 Å². The van der Waals surface area contributed by atoms with Gasteiger partial charge < -0.3 is 10.5 Å². The molecule has 21 heavy (non-hydrogen) atoms. The van der Waals surface area contributed by atoms with Crippen molar-refractivity contribution in [1.29, 1.82) is 0 Å². The van der Waals surface area contributed by atoms with Gasteiger partial charge in [-0.1, -0.05) is 0 Å². The fourth-order valence-corrected chi connectivity index (χ4v) is 4.50. The zero-order chi connectivity index (χ0) is 15.2. The lowest BCUT2D eigenvalue weighted by Crippen LogP contribution is -2.51. The van der Waals surface area contributed by atoms with Crippen molar-refractivity contribution in [3.05, 3.63) is 11.1 Å². The van der Waals surface area contributed by atoms with Crippen LogP contribution in [-0.2, 0) is 14.8 Å². The van der Waals surface area contributed by atoms with E-state index in [0.717, 1.165) is 26.1 Å². The van der Waals surface area contributed by atoms with E-state index in [1.807, 2.05) is 6.92 Å². The predicted octanol–water partition coefficient (Wildman–Crippen LogP) is -0.231. The molecule has 120 valence electrons. The highest BCUT2D eigenvalue weighted by molar-refractivity contribution is 7.89. The van der Waals surface area contributed by atoms with Gasteiger partial charge in [-0.25, -0.2) is 8.42 Å². The van der Waals surface area contributed by atoms with Crippen molar-refractivity contribution in [2.75, 3.05) is 38.5 Å². The number of hydrogen-bond acceptors (Lipinski definition) is 5. The largest absolute Gasteiger partial charge is 0.375 e. The Hall–Kier alpha value is -0.470. The van der Waals surface area contributed by atoms with E-state index >= 15 is 0 Å². The van der Waals surface area contributed by atoms with Crippen LogP contribution in [0.5, 0.6) is 0 Å². The number of nitrogens with zero attached hydrogens (tertiary/aromatic N) is 2. The zero-order valence-corrected chi connectivity index (χ0v) is 13.6. The van der Waals surface area contributed by atoms with Crippen LogP contribution >= 0.6 is 0 Å². The Morgan fingerprint density at radius 1 is 1.24 bits per heavy atom. The molecular formula is C14H25N3O3S. The molecule has 0 saturated carbocycles. The molecule has 3 heterocycles. The summed E-state index contributed by atoms with van der Waals surface area (Å²) >= 11 is 0. The predicted molar refractivity (Wildman–Crippen MR) is 81.4 cm³/mol. The first kappa shape index (κ1) is 15.4. The van der Waals surface area contributed by atoms with Gasteiger partial charge in [0.15, 0.2) is 0 Å². The molecule has 0 unspecified atom stereocenters. The fraction of sp³-hybridized carbons (Fsp3) is 0.857. The highest BCUT2D eigenvalue weighted by Crippen LogP contribution is 2.30. The summed E-state index contributed by atoms with van der Waals surface area (Å²) in [6, 6.07) is 0.453. The summed E-state index contributed by atoms with van der Waals surface area (Å²) in [7, 11) is -3.07. The van der Waals surface area contributed by atoms with Gasteiger partial charge in [0.25, 0.3) is 0 Å². The minimum Gasteiger partial charge on any atom is -0.375 e. The molecule has 3 aliphatic heterocycles. The number of sulfonamides is 1. The Morgan fingerprint density at radius 2 is 1.86 bits per heavy atom. The number of hydrogen-bond donors (Lipinski definition) is 1. The molecule has 0 bridgehead atoms. The molecule has 3 atom stereocenters. The summed E-state index contributed by atoms with van der Waals surface area (Å²) in [4.78, 5) is 2.40. The summed E-state index contributed by atoms with van der Waals surface area (Å²) in [6.07, 6.45) is 1.09. The van der Waals surface area contributed by atoms with Gasteiger partial charge in [-0.2, -0.15) is 4.31 Å². The topological polar surface area (TPSA) is 75.9 Å². The van der Waals surface area contributed by atoms with Gasteiger partial charge in [-0.3, -0.25) is 4.90 Å². The molecule has 0 aromatic rings. The van der Waals surface area contributed by atoms with Crippen LogP contribution in [0.3, 0.4) is 0 Å². The van der Waals surface area contributed by atoms with Crippen LogP contribution in [0.2, 0.25) is 0 Å². The van der Waals surface area contributed by atoms with Gasteiger partial charge in [0.05, 0.1) is 18.5 Å². The molecule has 3 aliphatic rings. The third-order valence-electron chi connectivity index (χ3n) is 5.00. The van der Waals surface area contributed by atoms with Gasteiger partial charge in [0.2, 0.25) is 10.0 Å². The molecule has 1 fully saturated rings. The standard InChI is InChI=1S/C14H25N3O3S/c1-3-21(18,19)17-7-11-5-16(6-12(11)8-17)13-4-14(15)10(2)20-9-13/h10,13-14H,3-9,15H2,1-2H3/t10-,13-,14+/m1/s1. The van der Waals surface area contributed by atoms with E-state index in [0.29, 0.717) is 19.1 Å². The molecule has 0 spiro atoms. The summed E-state index contributed by atoms with van der Waals surface area (Å²) in [6.45, 7) is 7.31. The molecule has 0 aromatic heterocycles. The van der Waals surface area contributed by atoms with Crippen molar-refractivity contribution in [3.63, 3.8) is 0 Å². The fourth-order valence-electron chi connectivity index (χ4n) is 3.43. The molecule has 3 rings (SSSR count). The summed E-state index contributed by atoms with van der Waals surface area (Å²) in [5.74, 6) is 0.181. The van der Waals surface area contributed by atoms with E-state index in [1.165, 1.54) is 11.1 Å². The molecule has 2 N–H and O–H groups in total. The van der Waals surface area contributed by atoms with E-state index in [4.69, 9.17) is 10.5 Å². The van der Waals surface area contributed by atoms with Crippen LogP contribution in [0.1, 0.15) is 20.3 Å². The lowest BCUT2D eigenvalue weighted by atomic mass is 10.00. The second kappa shape index (κ2) is 5.62. The first-order valence-electron chi connectivity index (χ1n) is 7.69. The quantitative estimate of drug-likeness (QED) is 0.728. The highest BCUT2D eigenvalue weighted by Gasteiger charge is 2.38. The van der Waals surface area contributed by atoms with Gasteiger partial charge in [-0.15, -0.1) is 0 Å². The Morgan fingerprint density at radius 3 is 2.38 bits per heavy atom. The van der Waals surface area contributed by atoms with Crippen molar-refractivity contribution in [1.82, 2.24) is 9.21 Å². The van der Waals surface area contributed by atoms with Crippen LogP contribution in [0, 0.1) is 0 Å². The first-order chi connectivity index (χ1) is 9.90. The molecule has 0 aromatic carbocycles. The zero-order valence-electron chi connectivity index (χ0n) is 12.8. The average molecular weight is 315 g/mol. The van der Waals surface area contributed by atoms with Crippen molar-refractivity contribution in [2.45, 2.75) is 38.5 Å². The van der Waals surface area contributed by atoms with E-state index in [2.05, 4.69) is 4.90 Å². The summed E-state index contributed by atoms with van der Waals surface area (Å²) in [5, 5.41) is 0. The third-order valence-corrected chi connectivity index (χ3v) is 6.77. The maximum absolute atomic E-state index is 11.9. The summed E-state index contributed by atoms with van der Waals surface area (Å²) < 4.78 is 31.2. The van der Waals surface area contributed by atoms with Crippen LogP contribution in [0.25, 0.3) is 0 Å². The molecule has 6 nitrogen and oxygen atoms in total. The van der Waals surface area contributed by atoms with Crippen LogP contribution in [-0.4, -0.2) is 74.3 Å². The third kappa shape index (κ3) is 2.90. The minimum absolute atomic E-state index is 0.0937. The highest BCUT2D eigenvalue weighted by atomic mass is 32.2. The van der Waals surface area contributed by atoms with Gasteiger partial charge in [-0.05, 0) is 31.4 Å². The van der Waals surface area contributed by atoms with Crippen LogP contribution in [0.15, 0.2) is 11.1 Å². The maximum atomic E-state index is 11.9. The Kier molecular flexibility index (Phi) is 4.13. The number of rotatable bonds is 3. The molecule has 0 radical (unpaired) electrons. The molecule has 1 saturated heterocycles. The Balaban J connectivity index is 1.58. The van der Waals surface area contributed by atoms with Crippen LogP contribution in [0.4, 0.5) is 0 Å². The van der Waals surface area contributed by atoms with Gasteiger partial charge in [0, 0.05) is 38.3 Å². The van der Waals surface area contributed by atoms with E-state index in [1.54, 1.807) is 11.2 Å². The van der Waals surface area contributed by atoms with E-state index < -0.39 is 10.0 Å². The number of ether oxygens (including phenoxy) is 1. The summed E-state index contributed by atoms with van der Waals surface area (Å²) in [5.41, 5.74) is 8.65. The Bertz CT molecular complexity index is 528. The smallest absolute Gasteiger partial charge is 0.214 e. The lowest BCUT2D eigenvalue weighted by molar-refractivity contribution is -0.0342. The molecule has 0 amide bonds. The van der Waals surface area contributed by atoms with Gasteiger partial charge in [0.1, 0.15) is 0 Å². The second-order valence-corrected chi connectivity index (χ2v) is 8.63. The normalized spacial score (nSPS) is 35.5. The molecular weight excluding hydrogens is 290 g/mol. The SMILES string of the molecule is CCS(=O)(=O)N1CC2=C(CN([C@H]3CO[C@H](C)[C@@H](N)C3)C2)C1. The number of nitrogens with two attached hydrogens (primary N) is 1. The maximum Gasteiger partial charge on any atom is 0.214 e. The van der Waals surface area contributed by atoms with Crippen molar-refractivity contribution >= 4 is 10.0 Å². The minimum atomic E-state index is -3.07. The second-order valence-electron chi connectivity index (χ2n) is 6.37. The van der Waals surface area contributed by atoms with Crippen LogP contribution < -0.4 is 5.73 Å².